The number of ether oxygens (including phenoxy) is 1. The van der Waals surface area contributed by atoms with Gasteiger partial charge in [-0.3, -0.25) is 9.59 Å². The molecule has 4 aliphatic rings. The minimum atomic E-state index is -1.28. The van der Waals surface area contributed by atoms with E-state index in [0.29, 0.717) is 24.2 Å². The van der Waals surface area contributed by atoms with Crippen molar-refractivity contribution in [1.82, 2.24) is 0 Å². The Kier molecular flexibility index (Phi) is 8.00. The zero-order chi connectivity index (χ0) is 23.6. The van der Waals surface area contributed by atoms with Crippen molar-refractivity contribution in [1.29, 1.82) is 0 Å². The lowest BCUT2D eigenvalue weighted by Crippen LogP contribution is -2.54. The number of ketones is 1. The van der Waals surface area contributed by atoms with Crippen molar-refractivity contribution in [2.45, 2.75) is 122 Å². The molecule has 0 bridgehead atoms. The summed E-state index contributed by atoms with van der Waals surface area (Å²) in [5.41, 5.74) is 1.05. The number of aliphatic hydroxyl groups is 2. The first-order valence-electron chi connectivity index (χ1n) is 13.7. The van der Waals surface area contributed by atoms with Crippen LogP contribution in [-0.2, 0) is 14.3 Å². The third kappa shape index (κ3) is 4.96. The molecule has 2 N–H and O–H groups in total. The molecule has 4 aliphatic carbocycles. The molecular formula is C28H44O5. The van der Waals surface area contributed by atoms with Gasteiger partial charge >= 0.3 is 5.97 Å². The van der Waals surface area contributed by atoms with Gasteiger partial charge in [-0.15, -0.1) is 0 Å². The van der Waals surface area contributed by atoms with Gasteiger partial charge in [0.25, 0.3) is 0 Å². The first-order chi connectivity index (χ1) is 15.9. The van der Waals surface area contributed by atoms with Crippen molar-refractivity contribution in [3.63, 3.8) is 0 Å². The maximum Gasteiger partial charge on any atom is 0.306 e. The van der Waals surface area contributed by atoms with Crippen molar-refractivity contribution in [3.8, 4) is 0 Å². The average Bonchev–Trinajstić information content (AvgIpc) is 3.12. The second kappa shape index (κ2) is 10.6. The summed E-state index contributed by atoms with van der Waals surface area (Å²) in [6.45, 7) is 4.54. The SMILES string of the molecule is CCCCCCCCCC(=O)O[C@H]1CC[C@H]2[C@@H]3CCC4=CC(=O)C(O)C(O)C4[C@H]3CC[C@]12C. The van der Waals surface area contributed by atoms with Gasteiger partial charge in [-0.2, -0.15) is 0 Å². The Bertz CT molecular complexity index is 745. The number of rotatable bonds is 9. The maximum atomic E-state index is 12.6. The molecule has 0 aromatic rings. The van der Waals surface area contributed by atoms with Crippen LogP contribution in [0.2, 0.25) is 0 Å². The Morgan fingerprint density at radius 2 is 1.76 bits per heavy atom. The summed E-state index contributed by atoms with van der Waals surface area (Å²) in [6.07, 6.45) is 14.1. The van der Waals surface area contributed by atoms with Crippen LogP contribution in [0.3, 0.4) is 0 Å². The summed E-state index contributed by atoms with van der Waals surface area (Å²) in [5.74, 6) is 0.782. The van der Waals surface area contributed by atoms with Crippen LogP contribution in [0, 0.1) is 29.1 Å². The van der Waals surface area contributed by atoms with Crippen LogP contribution in [0.15, 0.2) is 11.6 Å². The van der Waals surface area contributed by atoms with E-state index >= 15 is 0 Å². The molecule has 33 heavy (non-hydrogen) atoms. The number of carbonyl (C=O) groups is 2. The first kappa shape index (κ1) is 24.9. The van der Waals surface area contributed by atoms with E-state index in [2.05, 4.69) is 13.8 Å². The van der Waals surface area contributed by atoms with Crippen LogP contribution in [0.1, 0.15) is 104 Å². The highest BCUT2D eigenvalue weighted by Gasteiger charge is 2.59. The molecule has 0 radical (unpaired) electrons. The molecule has 0 aliphatic heterocycles. The molecule has 0 heterocycles. The molecule has 8 atom stereocenters. The largest absolute Gasteiger partial charge is 0.462 e. The molecule has 0 saturated heterocycles. The number of aliphatic hydroxyl groups excluding tert-OH is 2. The molecule has 0 spiro atoms. The van der Waals surface area contributed by atoms with Crippen molar-refractivity contribution in [2.75, 3.05) is 0 Å². The van der Waals surface area contributed by atoms with E-state index in [9.17, 15) is 19.8 Å². The van der Waals surface area contributed by atoms with Crippen LogP contribution in [0.25, 0.3) is 0 Å². The number of carbonyl (C=O) groups excluding carboxylic acids is 2. The summed E-state index contributed by atoms with van der Waals surface area (Å²) in [5, 5.41) is 20.9. The van der Waals surface area contributed by atoms with Gasteiger partial charge in [0, 0.05) is 17.8 Å². The van der Waals surface area contributed by atoms with E-state index < -0.39 is 12.2 Å². The van der Waals surface area contributed by atoms with Crippen LogP contribution in [-0.4, -0.2) is 40.3 Å². The molecule has 3 fully saturated rings. The third-order valence-electron chi connectivity index (χ3n) is 9.63. The Morgan fingerprint density at radius 3 is 2.52 bits per heavy atom. The Balaban J connectivity index is 1.32. The molecule has 5 nitrogen and oxygen atoms in total. The standard InChI is InChI=1S/C28H44O5/c1-3-4-5-6-7-8-9-10-24(30)33-23-14-13-21-19-12-11-18-17-22(29)26(31)27(32)25(18)20(19)15-16-28(21,23)2/h17,19-21,23,25-27,31-32H,3-16H2,1-2H3/t19-,20+,21+,23+,25?,26?,27?,28+/m1/s1. The van der Waals surface area contributed by atoms with Crippen molar-refractivity contribution < 1.29 is 24.5 Å². The summed E-state index contributed by atoms with van der Waals surface area (Å²) in [4.78, 5) is 24.6. The van der Waals surface area contributed by atoms with Gasteiger partial charge in [-0.05, 0) is 68.8 Å². The quantitative estimate of drug-likeness (QED) is 0.368. The lowest BCUT2D eigenvalue weighted by molar-refractivity contribution is -0.160. The minimum Gasteiger partial charge on any atom is -0.462 e. The number of unbranched alkanes of at least 4 members (excludes halogenated alkanes) is 6. The zero-order valence-electron chi connectivity index (χ0n) is 20.6. The van der Waals surface area contributed by atoms with Crippen molar-refractivity contribution in [3.05, 3.63) is 11.6 Å². The second-order valence-electron chi connectivity index (χ2n) is 11.5. The molecule has 0 aromatic carbocycles. The first-order valence-corrected chi connectivity index (χ1v) is 13.7. The number of hydrogen-bond donors (Lipinski definition) is 2. The fraction of sp³-hybridized carbons (Fsp3) is 0.857. The molecule has 186 valence electrons. The minimum absolute atomic E-state index is 0.000825. The molecule has 3 saturated carbocycles. The predicted octanol–water partition coefficient (Wildman–Crippen LogP) is 5.12. The van der Waals surface area contributed by atoms with Crippen molar-refractivity contribution >= 4 is 11.8 Å². The fourth-order valence-electron chi connectivity index (χ4n) is 7.82. The molecular weight excluding hydrogens is 416 g/mol. The number of hydrogen-bond acceptors (Lipinski definition) is 5. The summed E-state index contributed by atoms with van der Waals surface area (Å²) in [7, 11) is 0. The van der Waals surface area contributed by atoms with Gasteiger partial charge in [0.1, 0.15) is 12.2 Å². The summed E-state index contributed by atoms with van der Waals surface area (Å²) in [6, 6.07) is 0. The molecule has 4 rings (SSSR count). The van der Waals surface area contributed by atoms with E-state index in [1.807, 2.05) is 0 Å². The van der Waals surface area contributed by atoms with Crippen LogP contribution in [0.4, 0.5) is 0 Å². The van der Waals surface area contributed by atoms with Gasteiger partial charge in [0.05, 0.1) is 6.10 Å². The predicted molar refractivity (Wildman–Crippen MR) is 127 cm³/mol. The van der Waals surface area contributed by atoms with Gasteiger partial charge in [-0.1, -0.05) is 57.9 Å². The maximum absolute atomic E-state index is 12.6. The molecule has 3 unspecified atom stereocenters. The Morgan fingerprint density at radius 1 is 1.03 bits per heavy atom. The molecule has 0 aromatic heterocycles. The lowest BCUT2D eigenvalue weighted by Gasteiger charge is -2.54. The van der Waals surface area contributed by atoms with E-state index in [1.54, 1.807) is 6.08 Å². The Hall–Kier alpha value is -1.20. The Labute approximate surface area is 199 Å². The lowest BCUT2D eigenvalue weighted by atomic mass is 9.51. The van der Waals surface area contributed by atoms with Gasteiger partial charge < -0.3 is 14.9 Å². The monoisotopic (exact) mass is 460 g/mol. The van der Waals surface area contributed by atoms with Crippen LogP contribution in [0.5, 0.6) is 0 Å². The van der Waals surface area contributed by atoms with Gasteiger partial charge in [0.15, 0.2) is 5.78 Å². The normalized spacial score (nSPS) is 39.9. The highest BCUT2D eigenvalue weighted by molar-refractivity contribution is 5.95. The highest BCUT2D eigenvalue weighted by atomic mass is 16.5. The smallest absolute Gasteiger partial charge is 0.306 e. The highest BCUT2D eigenvalue weighted by Crippen LogP contribution is 2.62. The average molecular weight is 461 g/mol. The van der Waals surface area contributed by atoms with Crippen LogP contribution >= 0.6 is 0 Å². The zero-order valence-corrected chi connectivity index (χ0v) is 20.6. The van der Waals surface area contributed by atoms with Gasteiger partial charge in [0.2, 0.25) is 0 Å². The van der Waals surface area contributed by atoms with E-state index in [1.165, 1.54) is 32.1 Å². The summed E-state index contributed by atoms with van der Waals surface area (Å²) >= 11 is 0. The summed E-state index contributed by atoms with van der Waals surface area (Å²) < 4.78 is 6.08. The van der Waals surface area contributed by atoms with E-state index in [0.717, 1.165) is 56.9 Å². The molecule has 0 amide bonds. The van der Waals surface area contributed by atoms with Gasteiger partial charge in [-0.25, -0.2) is 0 Å². The van der Waals surface area contributed by atoms with E-state index in [4.69, 9.17) is 4.74 Å². The second-order valence-corrected chi connectivity index (χ2v) is 11.5. The fourth-order valence-corrected chi connectivity index (χ4v) is 7.82. The topological polar surface area (TPSA) is 83.8 Å². The van der Waals surface area contributed by atoms with Crippen LogP contribution < -0.4 is 0 Å². The molecule has 5 heteroatoms. The number of fused-ring (bicyclic) bond motifs is 5. The third-order valence-corrected chi connectivity index (χ3v) is 9.63. The number of esters is 1. The van der Waals surface area contributed by atoms with Crippen molar-refractivity contribution in [2.24, 2.45) is 29.1 Å². The van der Waals surface area contributed by atoms with E-state index in [-0.39, 0.29) is 29.2 Å².